The van der Waals surface area contributed by atoms with Gasteiger partial charge in [0.2, 0.25) is 0 Å². The van der Waals surface area contributed by atoms with Gasteiger partial charge in [-0.25, -0.2) is 0 Å². The number of carbonyl (C=O) groups excluding carboxylic acids is 2. The summed E-state index contributed by atoms with van der Waals surface area (Å²) in [4.78, 5) is 22.7. The number of esters is 1. The summed E-state index contributed by atoms with van der Waals surface area (Å²) in [6.45, 7) is 1.71. The summed E-state index contributed by atoms with van der Waals surface area (Å²) in [6, 6.07) is 5.16. The highest BCUT2D eigenvalue weighted by Gasteiger charge is 2.05. The molecule has 0 saturated carbocycles. The van der Waals surface area contributed by atoms with Gasteiger partial charge in [-0.1, -0.05) is 18.2 Å². The minimum absolute atomic E-state index is 0.0718. The molecule has 0 unspecified atom stereocenters. The highest BCUT2D eigenvalue weighted by atomic mass is 16.5. The van der Waals surface area contributed by atoms with Gasteiger partial charge >= 0.3 is 5.97 Å². The lowest BCUT2D eigenvalue weighted by atomic mass is 10.0. The van der Waals surface area contributed by atoms with Crippen LogP contribution in [0.2, 0.25) is 0 Å². The summed E-state index contributed by atoms with van der Waals surface area (Å²) in [5.74, 6) is -0.547. The number of benzene rings is 1. The first kappa shape index (κ1) is 17.1. The minimum Gasteiger partial charge on any atom is -0.466 e. The van der Waals surface area contributed by atoms with E-state index in [1.54, 1.807) is 31.2 Å². The van der Waals surface area contributed by atoms with Gasteiger partial charge in [0.15, 0.2) is 5.78 Å². The Bertz CT molecular complexity index is 519. The summed E-state index contributed by atoms with van der Waals surface area (Å²) >= 11 is 0. The van der Waals surface area contributed by atoms with Gasteiger partial charge in [0.05, 0.1) is 26.2 Å². The number of hydrogen-bond acceptors (Lipinski definition) is 5. The van der Waals surface area contributed by atoms with Crippen molar-refractivity contribution in [2.45, 2.75) is 33.0 Å². The normalized spacial score (nSPS) is 10.8. The molecule has 0 spiro atoms. The molecule has 114 valence electrons. The summed E-state index contributed by atoms with van der Waals surface area (Å²) in [5.41, 5.74) is 2.03. The molecule has 0 aliphatic carbocycles. The first-order valence-electron chi connectivity index (χ1n) is 6.80. The van der Waals surface area contributed by atoms with Crippen LogP contribution in [0.1, 0.15) is 36.5 Å². The molecule has 2 N–H and O–H groups in total. The highest BCUT2D eigenvalue weighted by Crippen LogP contribution is 2.14. The van der Waals surface area contributed by atoms with Gasteiger partial charge in [0.25, 0.3) is 0 Å². The molecule has 1 rings (SSSR count). The number of aliphatic hydroxyl groups is 2. The molecule has 0 amide bonds. The number of ether oxygens (including phenoxy) is 1. The fourth-order valence-electron chi connectivity index (χ4n) is 1.78. The Morgan fingerprint density at radius 3 is 2.48 bits per heavy atom. The molecule has 0 bridgehead atoms. The van der Waals surface area contributed by atoms with Crippen LogP contribution in [0.5, 0.6) is 0 Å². The minimum atomic E-state index is -0.380. The molecule has 0 aliphatic heterocycles. The van der Waals surface area contributed by atoms with E-state index in [2.05, 4.69) is 0 Å². The predicted molar refractivity (Wildman–Crippen MR) is 78.2 cm³/mol. The third kappa shape index (κ3) is 5.89. The summed E-state index contributed by atoms with van der Waals surface area (Å²) in [7, 11) is 0. The maximum absolute atomic E-state index is 11.6. The van der Waals surface area contributed by atoms with E-state index in [1.165, 1.54) is 6.08 Å². The van der Waals surface area contributed by atoms with E-state index >= 15 is 0 Å². The van der Waals surface area contributed by atoms with Crippen molar-refractivity contribution in [3.05, 3.63) is 41.0 Å². The molecule has 0 aliphatic rings. The number of ketones is 1. The predicted octanol–water partition coefficient (Wildman–Crippen LogP) is 1.60. The average Bonchev–Trinajstić information content (AvgIpc) is 2.50. The van der Waals surface area contributed by atoms with E-state index in [-0.39, 0.29) is 37.8 Å². The standard InChI is InChI=1S/C16H20O5/c1-2-21-16(20)8-7-15(19)6-4-12-3-5-13(10-17)14(9-12)11-18/h3-6,9,17-18H,2,7-8,10-11H2,1H3. The van der Waals surface area contributed by atoms with Crippen molar-refractivity contribution < 1.29 is 24.5 Å². The Morgan fingerprint density at radius 2 is 1.86 bits per heavy atom. The largest absolute Gasteiger partial charge is 0.466 e. The molecule has 0 atom stereocenters. The Hall–Kier alpha value is -1.98. The number of aliphatic hydroxyl groups excluding tert-OH is 2. The average molecular weight is 292 g/mol. The molecular weight excluding hydrogens is 272 g/mol. The Kier molecular flexibility index (Phi) is 7.36. The molecule has 0 saturated heterocycles. The van der Waals surface area contributed by atoms with E-state index in [4.69, 9.17) is 9.84 Å². The molecule has 0 aromatic heterocycles. The Morgan fingerprint density at radius 1 is 1.14 bits per heavy atom. The van der Waals surface area contributed by atoms with Crippen molar-refractivity contribution in [2.24, 2.45) is 0 Å². The summed E-state index contributed by atoms with van der Waals surface area (Å²) in [5, 5.41) is 18.3. The van der Waals surface area contributed by atoms with Gasteiger partial charge < -0.3 is 14.9 Å². The van der Waals surface area contributed by atoms with Crippen LogP contribution in [0.4, 0.5) is 0 Å². The van der Waals surface area contributed by atoms with Crippen LogP contribution in [0.25, 0.3) is 6.08 Å². The number of rotatable bonds is 8. The van der Waals surface area contributed by atoms with Crippen LogP contribution in [0, 0.1) is 0 Å². The van der Waals surface area contributed by atoms with Crippen LogP contribution in [-0.2, 0) is 27.5 Å². The monoisotopic (exact) mass is 292 g/mol. The zero-order chi connectivity index (χ0) is 15.7. The second-order valence-corrected chi connectivity index (χ2v) is 4.45. The third-order valence-electron chi connectivity index (χ3n) is 2.91. The lowest BCUT2D eigenvalue weighted by molar-refractivity contribution is -0.144. The quantitative estimate of drug-likeness (QED) is 0.561. The zero-order valence-corrected chi connectivity index (χ0v) is 12.0. The number of carbonyl (C=O) groups is 2. The van der Waals surface area contributed by atoms with Crippen molar-refractivity contribution in [2.75, 3.05) is 6.61 Å². The van der Waals surface area contributed by atoms with Gasteiger partial charge in [-0.2, -0.15) is 0 Å². The van der Waals surface area contributed by atoms with Crippen molar-refractivity contribution >= 4 is 17.8 Å². The van der Waals surface area contributed by atoms with E-state index in [1.807, 2.05) is 0 Å². The zero-order valence-electron chi connectivity index (χ0n) is 12.0. The topological polar surface area (TPSA) is 83.8 Å². The van der Waals surface area contributed by atoms with Gasteiger partial charge in [0.1, 0.15) is 0 Å². The maximum atomic E-state index is 11.6. The second-order valence-electron chi connectivity index (χ2n) is 4.45. The second kappa shape index (κ2) is 9.05. The van der Waals surface area contributed by atoms with Crippen molar-refractivity contribution in [3.63, 3.8) is 0 Å². The summed E-state index contributed by atoms with van der Waals surface area (Å²) in [6.07, 6.45) is 3.20. The van der Waals surface area contributed by atoms with Crippen molar-refractivity contribution in [3.8, 4) is 0 Å². The first-order chi connectivity index (χ1) is 10.1. The fraction of sp³-hybridized carbons (Fsp3) is 0.375. The van der Waals surface area contributed by atoms with Crippen molar-refractivity contribution in [1.82, 2.24) is 0 Å². The molecule has 0 radical (unpaired) electrons. The molecule has 5 heteroatoms. The molecular formula is C16H20O5. The van der Waals surface area contributed by atoms with E-state index in [0.29, 0.717) is 17.7 Å². The molecule has 0 heterocycles. The molecule has 1 aromatic carbocycles. The Balaban J connectivity index is 2.59. The maximum Gasteiger partial charge on any atom is 0.306 e. The van der Waals surface area contributed by atoms with Gasteiger partial charge in [-0.3, -0.25) is 9.59 Å². The lowest BCUT2D eigenvalue weighted by Crippen LogP contribution is -2.06. The van der Waals surface area contributed by atoms with Gasteiger partial charge in [-0.05, 0) is 35.8 Å². The van der Waals surface area contributed by atoms with Crippen LogP contribution < -0.4 is 0 Å². The SMILES string of the molecule is CCOC(=O)CCC(=O)C=Cc1ccc(CO)c(CO)c1. The smallest absolute Gasteiger partial charge is 0.306 e. The first-order valence-corrected chi connectivity index (χ1v) is 6.80. The number of hydrogen-bond donors (Lipinski definition) is 2. The molecule has 21 heavy (non-hydrogen) atoms. The van der Waals surface area contributed by atoms with Crippen LogP contribution in [0.15, 0.2) is 24.3 Å². The lowest BCUT2D eigenvalue weighted by Gasteiger charge is -2.05. The fourth-order valence-corrected chi connectivity index (χ4v) is 1.78. The van der Waals surface area contributed by atoms with E-state index < -0.39 is 0 Å². The van der Waals surface area contributed by atoms with E-state index in [0.717, 1.165) is 5.56 Å². The van der Waals surface area contributed by atoms with Crippen LogP contribution >= 0.6 is 0 Å². The molecule has 0 fully saturated rings. The van der Waals surface area contributed by atoms with Crippen molar-refractivity contribution in [1.29, 1.82) is 0 Å². The summed E-state index contributed by atoms with van der Waals surface area (Å²) < 4.78 is 4.74. The van der Waals surface area contributed by atoms with E-state index in [9.17, 15) is 14.7 Å². The van der Waals surface area contributed by atoms with Crippen LogP contribution in [-0.4, -0.2) is 28.6 Å². The van der Waals surface area contributed by atoms with Crippen LogP contribution in [0.3, 0.4) is 0 Å². The number of allylic oxidation sites excluding steroid dienone is 1. The van der Waals surface area contributed by atoms with Gasteiger partial charge in [0, 0.05) is 6.42 Å². The Labute approximate surface area is 123 Å². The molecule has 5 nitrogen and oxygen atoms in total. The third-order valence-corrected chi connectivity index (χ3v) is 2.91. The molecule has 1 aromatic rings. The van der Waals surface area contributed by atoms with Gasteiger partial charge in [-0.15, -0.1) is 0 Å². The highest BCUT2D eigenvalue weighted by molar-refractivity contribution is 5.95.